The maximum Gasteiger partial charge on any atom is 0.294 e. The largest absolute Gasteiger partial charge is 0.412 e. The Hall–Kier alpha value is -1.38. The zero-order valence-electron chi connectivity index (χ0n) is 9.40. The molecule has 0 aliphatic carbocycles. The van der Waals surface area contributed by atoms with Crippen LogP contribution in [0.5, 0.6) is 0 Å². The molecule has 98 valence electrons. The average molecular weight is 309 g/mol. The van der Waals surface area contributed by atoms with E-state index in [4.69, 9.17) is 11.5 Å². The fourth-order valence-corrected chi connectivity index (χ4v) is 1.27. The molecule has 0 bridgehead atoms. The summed E-state index contributed by atoms with van der Waals surface area (Å²) in [5, 5.41) is 13.6. The molecule has 0 aromatic heterocycles. The van der Waals surface area contributed by atoms with Crippen molar-refractivity contribution < 1.29 is 10.4 Å². The number of benzene rings is 1. The molecular formula is C9H17BrN4O3. The molecule has 7 nitrogen and oxygen atoms in total. The fraction of sp³-hybridized carbons (Fsp3) is 0.333. The lowest BCUT2D eigenvalue weighted by Gasteiger charge is -2.09. The third-order valence-electron chi connectivity index (χ3n) is 2.03. The number of halogens is 1. The molecular weight excluding hydrogens is 292 g/mol. The summed E-state index contributed by atoms with van der Waals surface area (Å²) in [6.45, 7) is 2.87. The number of hydrogen-bond acceptors (Lipinski definition) is 5. The molecule has 0 aliphatic rings. The summed E-state index contributed by atoms with van der Waals surface area (Å²) in [4.78, 5) is 10.1. The second kappa shape index (κ2) is 7.82. The topological polar surface area (TPSA) is 139 Å². The number of anilines is 2. The number of nitrogens with one attached hydrogen (secondary N) is 1. The van der Waals surface area contributed by atoms with Gasteiger partial charge in [0.15, 0.2) is 0 Å². The quantitative estimate of drug-likeness (QED) is 0.425. The Labute approximate surface area is 109 Å². The van der Waals surface area contributed by atoms with Crippen LogP contribution in [0.2, 0.25) is 0 Å². The molecule has 0 unspecified atom stereocenters. The molecule has 0 heterocycles. The van der Waals surface area contributed by atoms with Gasteiger partial charge in [0, 0.05) is 24.8 Å². The van der Waals surface area contributed by atoms with Crippen molar-refractivity contribution in [3.05, 3.63) is 27.8 Å². The molecule has 1 aromatic carbocycles. The number of nitro benzene ring substituents is 1. The van der Waals surface area contributed by atoms with Gasteiger partial charge in [0.2, 0.25) is 0 Å². The van der Waals surface area contributed by atoms with Crippen LogP contribution in [0.15, 0.2) is 12.1 Å². The number of nitro groups is 1. The normalized spacial score (nSPS) is 8.82. The second-order valence-electron chi connectivity index (χ2n) is 3.20. The standard InChI is InChI=1S/C9H14N4O2.BrH.H2O/c1-6-4-7(11)9(13(14)15)5-8(6)12-3-2-10;;/h4-5,12H,2-3,10-11H2,1H3;1H;1H2. The smallest absolute Gasteiger partial charge is 0.294 e. The number of hydrogen-bond donors (Lipinski definition) is 3. The van der Waals surface area contributed by atoms with Gasteiger partial charge in [-0.2, -0.15) is 0 Å². The summed E-state index contributed by atoms with van der Waals surface area (Å²) in [6, 6.07) is 3.01. The Morgan fingerprint density at radius 2 is 2.06 bits per heavy atom. The minimum absolute atomic E-state index is 0. The van der Waals surface area contributed by atoms with Crippen molar-refractivity contribution in [1.29, 1.82) is 0 Å². The minimum Gasteiger partial charge on any atom is -0.412 e. The molecule has 0 spiro atoms. The van der Waals surface area contributed by atoms with E-state index in [0.717, 1.165) is 5.56 Å². The zero-order chi connectivity index (χ0) is 11.4. The molecule has 1 rings (SSSR count). The Morgan fingerprint density at radius 1 is 1.47 bits per heavy atom. The van der Waals surface area contributed by atoms with Crippen molar-refractivity contribution in [2.75, 3.05) is 24.1 Å². The van der Waals surface area contributed by atoms with Gasteiger partial charge in [0.1, 0.15) is 5.69 Å². The number of nitrogens with zero attached hydrogens (tertiary/aromatic N) is 1. The highest BCUT2D eigenvalue weighted by molar-refractivity contribution is 8.93. The molecule has 0 saturated carbocycles. The first-order valence-corrected chi connectivity index (χ1v) is 4.54. The number of nitrogen functional groups attached to an aromatic ring is 1. The molecule has 7 N–H and O–H groups in total. The van der Waals surface area contributed by atoms with Gasteiger partial charge < -0.3 is 22.3 Å². The molecule has 0 aliphatic heterocycles. The van der Waals surface area contributed by atoms with Crippen molar-refractivity contribution in [3.8, 4) is 0 Å². The van der Waals surface area contributed by atoms with E-state index in [1.165, 1.54) is 6.07 Å². The first kappa shape index (κ1) is 18.0. The van der Waals surface area contributed by atoms with E-state index in [-0.39, 0.29) is 33.8 Å². The molecule has 1 aromatic rings. The maximum atomic E-state index is 10.6. The van der Waals surface area contributed by atoms with E-state index in [0.29, 0.717) is 18.8 Å². The van der Waals surface area contributed by atoms with E-state index in [9.17, 15) is 10.1 Å². The molecule has 0 amide bonds. The lowest BCUT2D eigenvalue weighted by Crippen LogP contribution is -2.14. The summed E-state index contributed by atoms with van der Waals surface area (Å²) < 4.78 is 0. The van der Waals surface area contributed by atoms with Crippen LogP contribution in [0.1, 0.15) is 5.56 Å². The highest BCUT2D eigenvalue weighted by Crippen LogP contribution is 2.28. The summed E-state index contributed by atoms with van der Waals surface area (Å²) in [7, 11) is 0. The van der Waals surface area contributed by atoms with Gasteiger partial charge in [-0.25, -0.2) is 0 Å². The Kier molecular flexibility index (Phi) is 8.28. The molecule has 0 radical (unpaired) electrons. The van der Waals surface area contributed by atoms with Gasteiger partial charge in [-0.15, -0.1) is 17.0 Å². The Bertz CT molecular complexity index is 387. The second-order valence-corrected chi connectivity index (χ2v) is 3.20. The molecule has 17 heavy (non-hydrogen) atoms. The molecule has 8 heteroatoms. The van der Waals surface area contributed by atoms with Crippen molar-refractivity contribution in [2.24, 2.45) is 5.73 Å². The number of nitrogens with two attached hydrogens (primary N) is 2. The molecule has 0 saturated heterocycles. The lowest BCUT2D eigenvalue weighted by atomic mass is 10.1. The zero-order valence-corrected chi connectivity index (χ0v) is 11.1. The highest BCUT2D eigenvalue weighted by atomic mass is 79.9. The van der Waals surface area contributed by atoms with E-state index in [2.05, 4.69) is 5.32 Å². The van der Waals surface area contributed by atoms with Crippen molar-refractivity contribution in [2.45, 2.75) is 6.92 Å². The Morgan fingerprint density at radius 3 is 2.53 bits per heavy atom. The van der Waals surface area contributed by atoms with Gasteiger partial charge in [-0.3, -0.25) is 10.1 Å². The van der Waals surface area contributed by atoms with Gasteiger partial charge in [-0.05, 0) is 18.6 Å². The third kappa shape index (κ3) is 4.55. The first-order valence-electron chi connectivity index (χ1n) is 4.54. The SMILES string of the molecule is Br.Cc1cc(N)c([N+](=O)[O-])cc1NCCN.O. The summed E-state index contributed by atoms with van der Waals surface area (Å²) in [5.41, 5.74) is 12.5. The van der Waals surface area contributed by atoms with Crippen LogP contribution in [0.25, 0.3) is 0 Å². The minimum atomic E-state index is -0.498. The van der Waals surface area contributed by atoms with E-state index in [1.807, 2.05) is 6.92 Å². The predicted molar refractivity (Wildman–Crippen MR) is 73.7 cm³/mol. The lowest BCUT2D eigenvalue weighted by molar-refractivity contribution is -0.383. The highest BCUT2D eigenvalue weighted by Gasteiger charge is 2.13. The summed E-state index contributed by atoms with van der Waals surface area (Å²) in [5.74, 6) is 0. The number of rotatable bonds is 4. The van der Waals surface area contributed by atoms with Crippen LogP contribution >= 0.6 is 17.0 Å². The molecule has 0 atom stereocenters. The average Bonchev–Trinajstić information content (AvgIpc) is 2.16. The van der Waals surface area contributed by atoms with Crippen molar-refractivity contribution in [1.82, 2.24) is 0 Å². The van der Waals surface area contributed by atoms with Crippen LogP contribution in [-0.4, -0.2) is 23.5 Å². The van der Waals surface area contributed by atoms with E-state index in [1.54, 1.807) is 6.07 Å². The Balaban J connectivity index is 0. The number of aryl methyl sites for hydroxylation is 1. The van der Waals surface area contributed by atoms with Crippen molar-refractivity contribution in [3.63, 3.8) is 0 Å². The van der Waals surface area contributed by atoms with E-state index < -0.39 is 4.92 Å². The van der Waals surface area contributed by atoms with Gasteiger partial charge >= 0.3 is 0 Å². The summed E-state index contributed by atoms with van der Waals surface area (Å²) in [6.07, 6.45) is 0. The van der Waals surface area contributed by atoms with E-state index >= 15 is 0 Å². The monoisotopic (exact) mass is 308 g/mol. The molecule has 0 fully saturated rings. The van der Waals surface area contributed by atoms with Crippen LogP contribution < -0.4 is 16.8 Å². The fourth-order valence-electron chi connectivity index (χ4n) is 1.27. The summed E-state index contributed by atoms with van der Waals surface area (Å²) >= 11 is 0. The van der Waals surface area contributed by atoms with Crippen LogP contribution in [0.3, 0.4) is 0 Å². The van der Waals surface area contributed by atoms with Crippen LogP contribution in [-0.2, 0) is 0 Å². The third-order valence-corrected chi connectivity index (χ3v) is 2.03. The van der Waals surface area contributed by atoms with Crippen LogP contribution in [0, 0.1) is 17.0 Å². The van der Waals surface area contributed by atoms with Crippen molar-refractivity contribution >= 4 is 34.0 Å². The van der Waals surface area contributed by atoms with Crippen LogP contribution in [0.4, 0.5) is 17.1 Å². The van der Waals surface area contributed by atoms with Gasteiger partial charge in [0.25, 0.3) is 5.69 Å². The predicted octanol–water partition coefficient (Wildman–Crippen LogP) is 0.609. The van der Waals surface area contributed by atoms with Gasteiger partial charge in [-0.1, -0.05) is 0 Å². The first-order chi connectivity index (χ1) is 7.06. The van der Waals surface area contributed by atoms with Gasteiger partial charge in [0.05, 0.1) is 4.92 Å². The maximum absolute atomic E-state index is 10.6.